The zero-order chi connectivity index (χ0) is 16.0. The number of carboxylic acids is 2. The van der Waals surface area contributed by atoms with Gasteiger partial charge < -0.3 is 10.2 Å². The molecular formula is C11H16N2O6S2. The zero-order valence-electron chi connectivity index (χ0n) is 11.2. The minimum Gasteiger partial charge on any atom is -0.481 e. The minimum atomic E-state index is -3.96. The van der Waals surface area contributed by atoms with Crippen LogP contribution in [0.5, 0.6) is 0 Å². The summed E-state index contributed by atoms with van der Waals surface area (Å²) in [6.07, 6.45) is -0.730. The first-order valence-electron chi connectivity index (χ1n) is 5.93. The number of hydrogen-bond acceptors (Lipinski definition) is 5. The second kappa shape index (κ2) is 7.50. The maximum absolute atomic E-state index is 12.1. The van der Waals surface area contributed by atoms with Crippen molar-refractivity contribution in [1.82, 2.24) is 9.03 Å². The molecule has 8 nitrogen and oxygen atoms in total. The lowest BCUT2D eigenvalue weighted by Crippen LogP contribution is -2.41. The molecule has 1 rings (SSSR count). The molecule has 0 aromatic carbocycles. The van der Waals surface area contributed by atoms with E-state index in [2.05, 4.69) is 4.72 Å². The summed E-state index contributed by atoms with van der Waals surface area (Å²) >= 11 is 1.24. The average molecular weight is 336 g/mol. The molecule has 0 spiro atoms. The number of rotatable bonds is 9. The lowest BCUT2D eigenvalue weighted by Gasteiger charge is -2.21. The molecule has 21 heavy (non-hydrogen) atoms. The van der Waals surface area contributed by atoms with Crippen molar-refractivity contribution in [2.75, 3.05) is 13.6 Å². The minimum absolute atomic E-state index is 0.200. The summed E-state index contributed by atoms with van der Waals surface area (Å²) in [6.45, 7) is -0.200. The summed E-state index contributed by atoms with van der Waals surface area (Å²) in [6, 6.07) is 2.44. The number of hydrogen-bond donors (Lipinski definition) is 3. The van der Waals surface area contributed by atoms with Gasteiger partial charge in [-0.05, 0) is 11.4 Å². The van der Waals surface area contributed by atoms with E-state index in [0.717, 1.165) is 4.31 Å². The molecule has 10 heteroatoms. The normalized spacial score (nSPS) is 13.2. The summed E-state index contributed by atoms with van der Waals surface area (Å²) in [5.41, 5.74) is 0. The number of thiophene rings is 1. The Hall–Kier alpha value is -1.49. The number of carbonyl (C=O) groups is 2. The predicted molar refractivity (Wildman–Crippen MR) is 76.3 cm³/mol. The van der Waals surface area contributed by atoms with Gasteiger partial charge in [-0.25, -0.2) is 0 Å². The quantitative estimate of drug-likeness (QED) is 0.603. The summed E-state index contributed by atoms with van der Waals surface area (Å²) in [5, 5.41) is 19.1. The lowest BCUT2D eigenvalue weighted by atomic mass is 10.2. The fourth-order valence-corrected chi connectivity index (χ4v) is 3.44. The molecule has 118 valence electrons. The third-order valence-electron chi connectivity index (χ3n) is 2.61. The molecule has 1 heterocycles. The van der Waals surface area contributed by atoms with Gasteiger partial charge in [0.1, 0.15) is 0 Å². The van der Waals surface area contributed by atoms with Crippen LogP contribution in [-0.2, 0) is 19.8 Å². The molecule has 0 aliphatic rings. The van der Waals surface area contributed by atoms with Crippen LogP contribution in [0.2, 0.25) is 0 Å². The Balaban J connectivity index is 2.81. The van der Waals surface area contributed by atoms with E-state index >= 15 is 0 Å². The van der Waals surface area contributed by atoms with Crippen molar-refractivity contribution in [3.05, 3.63) is 22.4 Å². The highest BCUT2D eigenvalue weighted by Crippen LogP contribution is 2.23. The SMILES string of the molecule is CN(CCC(=O)O)S(=O)(=O)NC(CC(=O)O)c1cccs1. The molecule has 0 saturated carbocycles. The van der Waals surface area contributed by atoms with E-state index in [9.17, 15) is 18.0 Å². The summed E-state index contributed by atoms with van der Waals surface area (Å²) in [5.74, 6) is -2.25. The van der Waals surface area contributed by atoms with Crippen LogP contribution in [0.15, 0.2) is 17.5 Å². The second-order valence-corrected chi connectivity index (χ2v) is 7.04. The largest absolute Gasteiger partial charge is 0.481 e. The van der Waals surface area contributed by atoms with Gasteiger partial charge in [-0.2, -0.15) is 17.4 Å². The van der Waals surface area contributed by atoms with E-state index < -0.39 is 34.6 Å². The van der Waals surface area contributed by atoms with Crippen molar-refractivity contribution >= 4 is 33.5 Å². The first-order valence-corrected chi connectivity index (χ1v) is 8.25. The molecule has 1 atom stereocenters. The Kier molecular flexibility index (Phi) is 6.27. The molecule has 1 unspecified atom stereocenters. The van der Waals surface area contributed by atoms with Gasteiger partial charge in [-0.1, -0.05) is 6.07 Å². The summed E-state index contributed by atoms with van der Waals surface area (Å²) in [7, 11) is -2.73. The first kappa shape index (κ1) is 17.6. The van der Waals surface area contributed by atoms with Gasteiger partial charge in [0.2, 0.25) is 0 Å². The third kappa shape index (κ3) is 5.79. The molecular weight excluding hydrogens is 320 g/mol. The highest BCUT2D eigenvalue weighted by molar-refractivity contribution is 7.87. The van der Waals surface area contributed by atoms with Gasteiger partial charge >= 0.3 is 11.9 Å². The van der Waals surface area contributed by atoms with Crippen molar-refractivity contribution in [3.8, 4) is 0 Å². The van der Waals surface area contributed by atoms with Crippen molar-refractivity contribution in [1.29, 1.82) is 0 Å². The molecule has 3 N–H and O–H groups in total. The van der Waals surface area contributed by atoms with Crippen LogP contribution in [0.25, 0.3) is 0 Å². The van der Waals surface area contributed by atoms with Crippen LogP contribution in [0.4, 0.5) is 0 Å². The number of carboxylic acid groups (broad SMARTS) is 2. The van der Waals surface area contributed by atoms with Crippen LogP contribution >= 0.6 is 11.3 Å². The van der Waals surface area contributed by atoms with E-state index in [1.165, 1.54) is 18.4 Å². The molecule has 1 aromatic heterocycles. The van der Waals surface area contributed by atoms with Crippen LogP contribution in [0.3, 0.4) is 0 Å². The van der Waals surface area contributed by atoms with Crippen LogP contribution in [-0.4, -0.2) is 48.5 Å². The predicted octanol–water partition coefficient (Wildman–Crippen LogP) is 0.505. The van der Waals surface area contributed by atoms with E-state index in [4.69, 9.17) is 10.2 Å². The Bertz CT molecular complexity index is 584. The average Bonchev–Trinajstić information content (AvgIpc) is 2.87. The van der Waals surface area contributed by atoms with Gasteiger partial charge in [0.05, 0.1) is 18.9 Å². The Morgan fingerprint density at radius 3 is 2.52 bits per heavy atom. The van der Waals surface area contributed by atoms with Gasteiger partial charge in [-0.15, -0.1) is 11.3 Å². The van der Waals surface area contributed by atoms with Crippen molar-refractivity contribution in [2.24, 2.45) is 0 Å². The number of nitrogens with one attached hydrogen (secondary N) is 1. The molecule has 0 bridgehead atoms. The van der Waals surface area contributed by atoms with Crippen molar-refractivity contribution in [3.63, 3.8) is 0 Å². The van der Waals surface area contributed by atoms with Crippen molar-refractivity contribution < 1.29 is 28.2 Å². The highest BCUT2D eigenvalue weighted by atomic mass is 32.2. The van der Waals surface area contributed by atoms with Crippen molar-refractivity contribution in [2.45, 2.75) is 18.9 Å². The molecule has 0 saturated heterocycles. The van der Waals surface area contributed by atoms with Crippen LogP contribution in [0.1, 0.15) is 23.8 Å². The molecule has 0 aliphatic heterocycles. The fraction of sp³-hybridized carbons (Fsp3) is 0.455. The van der Waals surface area contributed by atoms with Gasteiger partial charge in [0.15, 0.2) is 0 Å². The van der Waals surface area contributed by atoms with Gasteiger partial charge in [-0.3, -0.25) is 9.59 Å². The van der Waals surface area contributed by atoms with Gasteiger partial charge in [0, 0.05) is 18.5 Å². The third-order valence-corrected chi connectivity index (χ3v) is 5.18. The van der Waals surface area contributed by atoms with E-state index in [1.54, 1.807) is 17.5 Å². The zero-order valence-corrected chi connectivity index (χ0v) is 12.9. The van der Waals surface area contributed by atoms with E-state index in [-0.39, 0.29) is 13.0 Å². The smallest absolute Gasteiger partial charge is 0.305 e. The van der Waals surface area contributed by atoms with Crippen LogP contribution < -0.4 is 4.72 Å². The topological polar surface area (TPSA) is 124 Å². The van der Waals surface area contributed by atoms with Crippen LogP contribution in [0, 0.1) is 0 Å². The van der Waals surface area contributed by atoms with Gasteiger partial charge in [0.25, 0.3) is 10.2 Å². The summed E-state index contributed by atoms with van der Waals surface area (Å²) in [4.78, 5) is 21.9. The van der Waals surface area contributed by atoms with E-state index in [1.807, 2.05) is 0 Å². The Morgan fingerprint density at radius 1 is 1.38 bits per heavy atom. The monoisotopic (exact) mass is 336 g/mol. The Morgan fingerprint density at radius 2 is 2.05 bits per heavy atom. The Labute approximate surface area is 126 Å². The second-order valence-electron chi connectivity index (χ2n) is 4.25. The highest BCUT2D eigenvalue weighted by Gasteiger charge is 2.26. The lowest BCUT2D eigenvalue weighted by molar-refractivity contribution is -0.138. The standard InChI is InChI=1S/C11H16N2O6S2/c1-13(5-4-10(14)15)21(18,19)12-8(7-11(16)17)9-3-2-6-20-9/h2-3,6,8,12H,4-5,7H2,1H3,(H,14,15)(H,16,17). The maximum atomic E-state index is 12.1. The fourth-order valence-electron chi connectivity index (χ4n) is 1.51. The molecule has 0 fully saturated rings. The first-order chi connectivity index (χ1) is 9.72. The molecule has 0 amide bonds. The summed E-state index contributed by atoms with van der Waals surface area (Å²) < 4.78 is 27.3. The number of nitrogens with zero attached hydrogens (tertiary/aromatic N) is 1. The maximum Gasteiger partial charge on any atom is 0.305 e. The number of aliphatic carboxylic acids is 2. The molecule has 0 aliphatic carbocycles. The van der Waals surface area contributed by atoms with E-state index in [0.29, 0.717) is 4.88 Å². The molecule has 0 radical (unpaired) electrons. The molecule has 1 aromatic rings.